The highest BCUT2D eigenvalue weighted by molar-refractivity contribution is 9.10. The monoisotopic (exact) mass is 323 g/mol. The standard InChI is InChI=1S/C16H22BrNO/c1-11(14-10-13(17)6-7-16(14)19)18-9-8-12-4-2-3-5-15(12)18/h6-7,10-12,15,19H,2-5,8-9H2,1H3. The number of aromatic hydroxyl groups is 1. The Morgan fingerprint density at radius 3 is 2.89 bits per heavy atom. The summed E-state index contributed by atoms with van der Waals surface area (Å²) in [6.45, 7) is 3.42. The zero-order valence-electron chi connectivity index (χ0n) is 11.5. The molecule has 0 aromatic heterocycles. The molecule has 1 aromatic carbocycles. The highest BCUT2D eigenvalue weighted by Gasteiger charge is 2.38. The Kier molecular flexibility index (Phi) is 3.86. The molecule has 104 valence electrons. The van der Waals surface area contributed by atoms with E-state index in [-0.39, 0.29) is 0 Å². The predicted molar refractivity (Wildman–Crippen MR) is 81.3 cm³/mol. The number of rotatable bonds is 2. The first kappa shape index (κ1) is 13.4. The Hall–Kier alpha value is -0.540. The number of hydrogen-bond donors (Lipinski definition) is 1. The minimum absolute atomic E-state index is 0.311. The van der Waals surface area contributed by atoms with Gasteiger partial charge >= 0.3 is 0 Å². The molecule has 3 atom stereocenters. The van der Waals surface area contributed by atoms with E-state index in [1.807, 2.05) is 6.07 Å². The first-order valence-electron chi connectivity index (χ1n) is 7.41. The van der Waals surface area contributed by atoms with Crippen LogP contribution in [-0.4, -0.2) is 22.6 Å². The van der Waals surface area contributed by atoms with Crippen molar-refractivity contribution in [2.45, 2.75) is 51.1 Å². The summed E-state index contributed by atoms with van der Waals surface area (Å²) in [5, 5.41) is 10.1. The zero-order valence-corrected chi connectivity index (χ0v) is 13.1. The maximum Gasteiger partial charge on any atom is 0.120 e. The SMILES string of the molecule is CC(c1cc(Br)ccc1O)N1CCC2CCCCC21. The van der Waals surface area contributed by atoms with Gasteiger partial charge in [0.05, 0.1) is 0 Å². The summed E-state index contributed by atoms with van der Waals surface area (Å²) >= 11 is 3.51. The number of benzene rings is 1. The summed E-state index contributed by atoms with van der Waals surface area (Å²) in [7, 11) is 0. The van der Waals surface area contributed by atoms with E-state index in [1.165, 1.54) is 38.6 Å². The first-order chi connectivity index (χ1) is 9.16. The number of halogens is 1. The van der Waals surface area contributed by atoms with Gasteiger partial charge < -0.3 is 5.11 Å². The molecule has 1 heterocycles. The van der Waals surface area contributed by atoms with Gasteiger partial charge in [-0.2, -0.15) is 0 Å². The van der Waals surface area contributed by atoms with Crippen molar-refractivity contribution < 1.29 is 5.11 Å². The number of likely N-dealkylation sites (tertiary alicyclic amines) is 1. The number of phenols is 1. The summed E-state index contributed by atoms with van der Waals surface area (Å²) in [5.41, 5.74) is 1.06. The minimum atomic E-state index is 0.311. The lowest BCUT2D eigenvalue weighted by Gasteiger charge is -2.36. The lowest BCUT2D eigenvalue weighted by atomic mass is 9.85. The first-order valence-corrected chi connectivity index (χ1v) is 8.20. The fourth-order valence-electron chi connectivity index (χ4n) is 3.96. The lowest BCUT2D eigenvalue weighted by Crippen LogP contribution is -2.36. The largest absolute Gasteiger partial charge is 0.508 e. The quantitative estimate of drug-likeness (QED) is 0.867. The fraction of sp³-hybridized carbons (Fsp3) is 0.625. The Morgan fingerprint density at radius 2 is 2.05 bits per heavy atom. The van der Waals surface area contributed by atoms with Crippen molar-refractivity contribution in [2.24, 2.45) is 5.92 Å². The Balaban J connectivity index is 1.83. The average Bonchev–Trinajstić information content (AvgIpc) is 2.84. The second kappa shape index (κ2) is 5.45. The molecule has 2 nitrogen and oxygen atoms in total. The van der Waals surface area contributed by atoms with Gasteiger partial charge in [0.2, 0.25) is 0 Å². The topological polar surface area (TPSA) is 23.5 Å². The van der Waals surface area contributed by atoms with Crippen molar-refractivity contribution in [2.75, 3.05) is 6.54 Å². The average molecular weight is 324 g/mol. The molecular weight excluding hydrogens is 302 g/mol. The number of hydrogen-bond acceptors (Lipinski definition) is 2. The molecule has 0 spiro atoms. The van der Waals surface area contributed by atoms with Gasteiger partial charge in [-0.25, -0.2) is 0 Å². The number of fused-ring (bicyclic) bond motifs is 1. The van der Waals surface area contributed by atoms with Crippen molar-refractivity contribution in [3.63, 3.8) is 0 Å². The Bertz CT molecular complexity index is 462. The summed E-state index contributed by atoms with van der Waals surface area (Å²) in [6, 6.07) is 6.81. The van der Waals surface area contributed by atoms with Gasteiger partial charge in [-0.05, 0) is 56.8 Å². The lowest BCUT2D eigenvalue weighted by molar-refractivity contribution is 0.139. The smallest absolute Gasteiger partial charge is 0.120 e. The van der Waals surface area contributed by atoms with E-state index in [0.717, 1.165) is 22.0 Å². The molecule has 0 radical (unpaired) electrons. The molecule has 19 heavy (non-hydrogen) atoms. The third kappa shape index (κ3) is 2.55. The van der Waals surface area contributed by atoms with Gasteiger partial charge in [0.1, 0.15) is 5.75 Å². The summed E-state index contributed by atoms with van der Waals surface area (Å²) in [6.07, 6.45) is 6.85. The molecule has 1 saturated heterocycles. The van der Waals surface area contributed by atoms with Gasteiger partial charge in [-0.3, -0.25) is 4.90 Å². The summed E-state index contributed by atoms with van der Waals surface area (Å²) < 4.78 is 1.05. The van der Waals surface area contributed by atoms with Gasteiger partial charge in [0.25, 0.3) is 0 Å². The van der Waals surface area contributed by atoms with Crippen LogP contribution in [-0.2, 0) is 0 Å². The molecule has 1 N–H and O–H groups in total. The van der Waals surface area contributed by atoms with Crippen LogP contribution in [0.15, 0.2) is 22.7 Å². The van der Waals surface area contributed by atoms with Crippen molar-refractivity contribution in [3.8, 4) is 5.75 Å². The van der Waals surface area contributed by atoms with E-state index in [2.05, 4.69) is 33.8 Å². The van der Waals surface area contributed by atoms with Crippen LogP contribution in [0.25, 0.3) is 0 Å². The van der Waals surface area contributed by atoms with E-state index < -0.39 is 0 Å². The Morgan fingerprint density at radius 1 is 1.26 bits per heavy atom. The van der Waals surface area contributed by atoms with E-state index in [4.69, 9.17) is 0 Å². The van der Waals surface area contributed by atoms with E-state index >= 15 is 0 Å². The van der Waals surface area contributed by atoms with E-state index in [9.17, 15) is 5.11 Å². The summed E-state index contributed by atoms with van der Waals surface area (Å²) in [4.78, 5) is 2.62. The summed E-state index contributed by atoms with van der Waals surface area (Å²) in [5.74, 6) is 1.32. The molecule has 1 saturated carbocycles. The number of phenolic OH excluding ortho intramolecular Hbond substituents is 1. The van der Waals surface area contributed by atoms with E-state index in [1.54, 1.807) is 6.07 Å². The van der Waals surface area contributed by atoms with Crippen LogP contribution in [0.1, 0.15) is 50.6 Å². The van der Waals surface area contributed by atoms with Crippen LogP contribution in [0.4, 0.5) is 0 Å². The molecule has 1 aliphatic heterocycles. The van der Waals surface area contributed by atoms with Crippen LogP contribution >= 0.6 is 15.9 Å². The predicted octanol–water partition coefficient (Wildman–Crippen LogP) is 4.48. The molecule has 0 amide bonds. The highest BCUT2D eigenvalue weighted by atomic mass is 79.9. The van der Waals surface area contributed by atoms with Crippen LogP contribution in [0.3, 0.4) is 0 Å². The number of nitrogens with zero attached hydrogens (tertiary/aromatic N) is 1. The molecule has 2 aliphatic rings. The molecule has 0 bridgehead atoms. The van der Waals surface area contributed by atoms with Crippen LogP contribution in [0.2, 0.25) is 0 Å². The van der Waals surface area contributed by atoms with Crippen molar-refractivity contribution in [1.29, 1.82) is 0 Å². The molecule has 3 unspecified atom stereocenters. The van der Waals surface area contributed by atoms with Crippen LogP contribution < -0.4 is 0 Å². The Labute approximate surface area is 123 Å². The third-order valence-electron chi connectivity index (χ3n) is 4.99. The molecule has 3 heteroatoms. The zero-order chi connectivity index (χ0) is 13.4. The molecule has 2 fully saturated rings. The highest BCUT2D eigenvalue weighted by Crippen LogP contribution is 2.42. The van der Waals surface area contributed by atoms with Gasteiger partial charge in [-0.1, -0.05) is 28.8 Å². The molecule has 1 aliphatic carbocycles. The van der Waals surface area contributed by atoms with Crippen molar-refractivity contribution in [3.05, 3.63) is 28.2 Å². The molecule has 3 rings (SSSR count). The molecular formula is C16H22BrNO. The molecule has 1 aromatic rings. The van der Waals surface area contributed by atoms with Gasteiger partial charge in [-0.15, -0.1) is 0 Å². The maximum atomic E-state index is 10.1. The minimum Gasteiger partial charge on any atom is -0.508 e. The third-order valence-corrected chi connectivity index (χ3v) is 5.48. The van der Waals surface area contributed by atoms with Crippen molar-refractivity contribution >= 4 is 15.9 Å². The fourth-order valence-corrected chi connectivity index (χ4v) is 4.34. The maximum absolute atomic E-state index is 10.1. The van der Waals surface area contributed by atoms with Gasteiger partial charge in [0.15, 0.2) is 0 Å². The van der Waals surface area contributed by atoms with Crippen LogP contribution in [0, 0.1) is 5.92 Å². The second-order valence-corrected chi connectivity index (χ2v) is 6.93. The van der Waals surface area contributed by atoms with Crippen molar-refractivity contribution in [1.82, 2.24) is 4.90 Å². The normalized spacial score (nSPS) is 29.2. The second-order valence-electron chi connectivity index (χ2n) is 6.02. The van der Waals surface area contributed by atoms with E-state index in [0.29, 0.717) is 11.8 Å². The van der Waals surface area contributed by atoms with Gasteiger partial charge in [0, 0.05) is 22.1 Å². The van der Waals surface area contributed by atoms with Crippen LogP contribution in [0.5, 0.6) is 5.75 Å².